The molecule has 0 N–H and O–H groups in total. The van der Waals surface area contributed by atoms with E-state index in [4.69, 9.17) is 18.9 Å². The second-order valence-electron chi connectivity index (χ2n) is 12.5. The third-order valence-corrected chi connectivity index (χ3v) is 9.43. The van der Waals surface area contributed by atoms with E-state index in [0.717, 1.165) is 28.4 Å². The average Bonchev–Trinajstić information content (AvgIpc) is 3.78. The minimum Gasteiger partial charge on any atom is -0.465 e. The van der Waals surface area contributed by atoms with Crippen molar-refractivity contribution in [2.45, 2.75) is 13.1 Å². The maximum absolute atomic E-state index is 13.8. The molecule has 0 unspecified atom stereocenters. The van der Waals surface area contributed by atoms with Crippen molar-refractivity contribution in [3.05, 3.63) is 152 Å². The van der Waals surface area contributed by atoms with E-state index in [1.165, 1.54) is 48.5 Å². The zero-order valence-electron chi connectivity index (χ0n) is 31.5. The summed E-state index contributed by atoms with van der Waals surface area (Å²) in [6.07, 6.45) is 0. The Kier molecular flexibility index (Phi) is 11.6. The normalized spacial score (nSPS) is 10.8. The summed E-state index contributed by atoms with van der Waals surface area (Å²) in [6, 6.07) is 28.1. The number of rotatable bonds is 13. The van der Waals surface area contributed by atoms with Crippen LogP contribution in [0.3, 0.4) is 0 Å². The maximum Gasteiger partial charge on any atom is 0.340 e. The molecule has 0 atom stereocenters. The van der Waals surface area contributed by atoms with Crippen molar-refractivity contribution in [1.82, 2.24) is 9.13 Å². The van der Waals surface area contributed by atoms with Gasteiger partial charge in [0.15, 0.2) is 0 Å². The van der Waals surface area contributed by atoms with Crippen LogP contribution in [0.5, 0.6) is 0 Å². The molecule has 16 heteroatoms. The van der Waals surface area contributed by atoms with Crippen LogP contribution in [-0.2, 0) is 32.0 Å². The van der Waals surface area contributed by atoms with Crippen molar-refractivity contribution >= 4 is 35.3 Å². The monoisotopic (exact) mass is 786 g/mol. The maximum atomic E-state index is 13.8. The number of methoxy groups -OCH3 is 4. The lowest BCUT2D eigenvalue weighted by molar-refractivity contribution is -0.385. The van der Waals surface area contributed by atoms with Crippen molar-refractivity contribution in [2.75, 3.05) is 28.4 Å². The van der Waals surface area contributed by atoms with E-state index in [0.29, 0.717) is 22.3 Å². The SMILES string of the molecule is COC(=O)c1c(C(=O)OC)c(-c2ccc([N+](=O)[O-])cc2)n(CCn2c(-c3ccccc3)c(C(=O)OC)c(C(=O)OC)c2-c2ccc([N+](=O)[O-])cc2)c1-c1ccccc1. The molecule has 6 aromatic rings. The van der Waals surface area contributed by atoms with Gasteiger partial charge in [0.2, 0.25) is 0 Å². The summed E-state index contributed by atoms with van der Waals surface area (Å²) < 4.78 is 24.2. The Morgan fingerprint density at radius 3 is 0.897 bits per heavy atom. The Bertz CT molecular complexity index is 2380. The number of ether oxygens (including phenoxy) is 4. The fraction of sp³-hybridized carbons (Fsp3) is 0.143. The van der Waals surface area contributed by atoms with Gasteiger partial charge in [-0.1, -0.05) is 60.7 Å². The van der Waals surface area contributed by atoms with Gasteiger partial charge in [0, 0.05) is 37.4 Å². The number of carbonyl (C=O) groups excluding carboxylic acids is 4. The van der Waals surface area contributed by atoms with Crippen LogP contribution in [0.15, 0.2) is 109 Å². The van der Waals surface area contributed by atoms with Crippen LogP contribution < -0.4 is 0 Å². The van der Waals surface area contributed by atoms with Crippen molar-refractivity contribution < 1.29 is 48.0 Å². The molecule has 0 aliphatic carbocycles. The molecule has 6 rings (SSSR count). The highest BCUT2D eigenvalue weighted by Gasteiger charge is 2.37. The number of nitrogens with zero attached hydrogens (tertiary/aromatic N) is 4. The first-order chi connectivity index (χ1) is 28.0. The van der Waals surface area contributed by atoms with Crippen molar-refractivity contribution in [2.24, 2.45) is 0 Å². The van der Waals surface area contributed by atoms with Gasteiger partial charge in [0.25, 0.3) is 11.4 Å². The highest BCUT2D eigenvalue weighted by Crippen LogP contribution is 2.42. The standard InChI is InChI=1S/C42H34N4O12/c1-55-39(47)31-33(41(49)57-3)37(27-15-19-29(20-16-27)45(51)52)43(35(31)25-11-7-5-8-12-25)23-24-44-36(26-13-9-6-10-14-26)32(40(48)56-2)34(42(50)58-4)38(44)28-17-21-30(22-18-28)46(53)54/h5-22H,23-24H2,1-4H3. The molecule has 58 heavy (non-hydrogen) atoms. The van der Waals surface area contributed by atoms with E-state index < -0.39 is 33.7 Å². The van der Waals surface area contributed by atoms with Crippen LogP contribution >= 0.6 is 0 Å². The predicted molar refractivity (Wildman–Crippen MR) is 209 cm³/mol. The smallest absolute Gasteiger partial charge is 0.340 e. The summed E-state index contributed by atoms with van der Waals surface area (Å²) >= 11 is 0. The Balaban J connectivity index is 1.74. The van der Waals surface area contributed by atoms with Crippen molar-refractivity contribution in [1.29, 1.82) is 0 Å². The first kappa shape index (κ1) is 39.8. The molecular weight excluding hydrogens is 752 g/mol. The summed E-state index contributed by atoms with van der Waals surface area (Å²) in [5.74, 6) is -3.55. The van der Waals surface area contributed by atoms with E-state index in [9.17, 15) is 39.4 Å². The van der Waals surface area contributed by atoms with E-state index in [-0.39, 0.29) is 69.5 Å². The van der Waals surface area contributed by atoms with Crippen LogP contribution in [0.25, 0.3) is 45.0 Å². The van der Waals surface area contributed by atoms with Crippen LogP contribution in [0.4, 0.5) is 11.4 Å². The third kappa shape index (κ3) is 7.28. The number of non-ortho nitro benzene ring substituents is 2. The van der Waals surface area contributed by atoms with Crippen LogP contribution in [0, 0.1) is 20.2 Å². The first-order valence-corrected chi connectivity index (χ1v) is 17.4. The number of hydrogen-bond acceptors (Lipinski definition) is 12. The molecule has 0 bridgehead atoms. The largest absolute Gasteiger partial charge is 0.465 e. The second kappa shape index (κ2) is 16.9. The molecule has 4 aromatic carbocycles. The fourth-order valence-electron chi connectivity index (χ4n) is 6.96. The molecule has 2 aromatic heterocycles. The highest BCUT2D eigenvalue weighted by atomic mass is 16.6. The fourth-order valence-corrected chi connectivity index (χ4v) is 6.96. The van der Waals surface area contributed by atoms with E-state index in [2.05, 4.69) is 0 Å². The molecule has 0 saturated heterocycles. The molecule has 294 valence electrons. The molecule has 2 heterocycles. The van der Waals surface area contributed by atoms with Crippen LogP contribution in [0.2, 0.25) is 0 Å². The molecule has 16 nitrogen and oxygen atoms in total. The molecule has 0 saturated carbocycles. The highest BCUT2D eigenvalue weighted by molar-refractivity contribution is 6.13. The van der Waals surface area contributed by atoms with Crippen LogP contribution in [-0.4, -0.2) is 71.3 Å². The summed E-state index contributed by atoms with van der Waals surface area (Å²) in [5.41, 5.74) is 1.21. The van der Waals surface area contributed by atoms with Crippen molar-refractivity contribution in [3.8, 4) is 45.0 Å². The molecule has 0 aliphatic rings. The first-order valence-electron chi connectivity index (χ1n) is 17.4. The summed E-state index contributed by atoms with van der Waals surface area (Å²) in [5, 5.41) is 23.3. The van der Waals surface area contributed by atoms with E-state index in [1.54, 1.807) is 69.8 Å². The third-order valence-electron chi connectivity index (χ3n) is 9.43. The zero-order valence-corrected chi connectivity index (χ0v) is 31.5. The minimum atomic E-state index is -0.900. The number of carbonyl (C=O) groups is 4. The van der Waals surface area contributed by atoms with E-state index >= 15 is 0 Å². The Morgan fingerprint density at radius 2 is 0.672 bits per heavy atom. The number of nitro groups is 2. The van der Waals surface area contributed by atoms with Gasteiger partial charge in [0.05, 0.1) is 61.1 Å². The van der Waals surface area contributed by atoms with Gasteiger partial charge in [-0.2, -0.15) is 0 Å². The lowest BCUT2D eigenvalue weighted by atomic mass is 10.0. The molecule has 0 aliphatic heterocycles. The van der Waals surface area contributed by atoms with Crippen molar-refractivity contribution in [3.63, 3.8) is 0 Å². The topological polar surface area (TPSA) is 201 Å². The lowest BCUT2D eigenvalue weighted by Crippen LogP contribution is -2.13. The van der Waals surface area contributed by atoms with E-state index in [1.807, 2.05) is 0 Å². The van der Waals surface area contributed by atoms with Gasteiger partial charge in [0.1, 0.15) is 22.3 Å². The number of nitro benzene ring substituents is 2. The Hall–Kier alpha value is -7.88. The van der Waals surface area contributed by atoms with Gasteiger partial charge in [-0.15, -0.1) is 0 Å². The Morgan fingerprint density at radius 1 is 0.431 bits per heavy atom. The summed E-state index contributed by atoms with van der Waals surface area (Å²) in [4.78, 5) is 77.3. The van der Waals surface area contributed by atoms with Crippen LogP contribution in [0.1, 0.15) is 41.4 Å². The molecule has 0 amide bonds. The Labute approximate surface area is 330 Å². The predicted octanol–water partition coefficient (Wildman–Crippen LogP) is 7.62. The van der Waals surface area contributed by atoms with Gasteiger partial charge in [-0.3, -0.25) is 20.2 Å². The lowest BCUT2D eigenvalue weighted by Gasteiger charge is -2.19. The molecule has 0 spiro atoms. The number of esters is 4. The summed E-state index contributed by atoms with van der Waals surface area (Å²) in [7, 11) is 4.61. The average molecular weight is 787 g/mol. The zero-order chi connectivity index (χ0) is 41.7. The number of aromatic nitrogens is 2. The van der Waals surface area contributed by atoms with Gasteiger partial charge < -0.3 is 28.1 Å². The van der Waals surface area contributed by atoms with Gasteiger partial charge in [-0.25, -0.2) is 19.2 Å². The number of benzene rings is 4. The molecule has 0 fully saturated rings. The number of hydrogen-bond donors (Lipinski definition) is 0. The minimum absolute atomic E-state index is 0.104. The van der Waals surface area contributed by atoms with Gasteiger partial charge in [-0.05, 0) is 46.5 Å². The molecular formula is C42H34N4O12. The summed E-state index contributed by atoms with van der Waals surface area (Å²) in [6.45, 7) is -0.208. The quantitative estimate of drug-likeness (QED) is 0.0480. The van der Waals surface area contributed by atoms with Gasteiger partial charge >= 0.3 is 23.9 Å². The molecule has 0 radical (unpaired) electrons. The second-order valence-corrected chi connectivity index (χ2v) is 12.5.